The van der Waals surface area contributed by atoms with E-state index in [9.17, 15) is 9.59 Å². The number of amides is 2. The molecule has 1 aliphatic heterocycles. The molecule has 2 amide bonds. The second-order valence-electron chi connectivity index (χ2n) is 7.69. The van der Waals surface area contributed by atoms with Crippen LogP contribution in [-0.4, -0.2) is 18.4 Å². The van der Waals surface area contributed by atoms with Gasteiger partial charge in [-0.05, 0) is 61.4 Å². The van der Waals surface area contributed by atoms with Crippen molar-refractivity contribution in [3.05, 3.63) is 64.7 Å². The first-order chi connectivity index (χ1) is 13.1. The number of fused-ring (bicyclic) bond motifs is 1. The van der Waals surface area contributed by atoms with Crippen LogP contribution >= 0.6 is 0 Å². The van der Waals surface area contributed by atoms with Gasteiger partial charge in [-0.1, -0.05) is 36.8 Å². The van der Waals surface area contributed by atoms with Crippen LogP contribution in [0, 0.1) is 12.8 Å². The van der Waals surface area contributed by atoms with Crippen molar-refractivity contribution >= 4 is 17.5 Å². The van der Waals surface area contributed by atoms with Crippen LogP contribution in [0.3, 0.4) is 0 Å². The predicted molar refractivity (Wildman–Crippen MR) is 107 cm³/mol. The molecule has 1 unspecified atom stereocenters. The van der Waals surface area contributed by atoms with E-state index in [2.05, 4.69) is 36.5 Å². The number of rotatable bonds is 5. The summed E-state index contributed by atoms with van der Waals surface area (Å²) in [6, 6.07) is 14.2. The molecule has 1 saturated carbocycles. The van der Waals surface area contributed by atoms with Crippen molar-refractivity contribution in [1.29, 1.82) is 0 Å². The van der Waals surface area contributed by atoms with Crippen molar-refractivity contribution in [2.45, 2.75) is 45.6 Å². The number of nitrogens with one attached hydrogen (secondary N) is 1. The molecule has 4 heteroatoms. The summed E-state index contributed by atoms with van der Waals surface area (Å²) in [7, 11) is 0. The number of aryl methyl sites for hydroxylation is 1. The van der Waals surface area contributed by atoms with E-state index in [4.69, 9.17) is 0 Å². The molecule has 2 aliphatic rings. The highest BCUT2D eigenvalue weighted by atomic mass is 16.2. The Labute approximate surface area is 160 Å². The lowest BCUT2D eigenvalue weighted by molar-refractivity contribution is -0.118. The van der Waals surface area contributed by atoms with Crippen LogP contribution in [0.15, 0.2) is 42.5 Å². The van der Waals surface area contributed by atoms with Crippen LogP contribution in [0.5, 0.6) is 0 Å². The summed E-state index contributed by atoms with van der Waals surface area (Å²) in [5, 5.41) is 3.25. The molecule has 1 heterocycles. The normalized spacial score (nSPS) is 16.7. The largest absolute Gasteiger partial charge is 0.345 e. The Bertz CT molecular complexity index is 868. The number of carbonyl (C=O) groups excluding carboxylic acids is 2. The van der Waals surface area contributed by atoms with E-state index < -0.39 is 0 Å². The molecular weight excluding hydrogens is 336 g/mol. The summed E-state index contributed by atoms with van der Waals surface area (Å²) in [5.41, 5.74) is 5.12. The Hall–Kier alpha value is -2.62. The molecule has 0 spiro atoms. The standard InChI is InChI=1S/C23H26N2O2/c1-3-21(26)25-13-12-18-14-19(10-11-20(18)25)23(27)24-22(17-8-9-17)16-6-4-15(2)5-7-16/h4-7,10-11,14,17,22H,3,8-9,12-13H2,1-2H3,(H,24,27). The van der Waals surface area contributed by atoms with Crippen LogP contribution in [-0.2, 0) is 11.2 Å². The first-order valence-electron chi connectivity index (χ1n) is 9.87. The van der Waals surface area contributed by atoms with E-state index in [-0.39, 0.29) is 17.9 Å². The van der Waals surface area contributed by atoms with E-state index in [0.29, 0.717) is 24.4 Å². The SMILES string of the molecule is CCC(=O)N1CCc2cc(C(=O)NC(c3ccc(C)cc3)C3CC3)ccc21. The summed E-state index contributed by atoms with van der Waals surface area (Å²) in [6.45, 7) is 4.66. The van der Waals surface area contributed by atoms with Gasteiger partial charge in [0.25, 0.3) is 5.91 Å². The monoisotopic (exact) mass is 362 g/mol. The zero-order chi connectivity index (χ0) is 19.0. The lowest BCUT2D eigenvalue weighted by Crippen LogP contribution is -2.30. The topological polar surface area (TPSA) is 49.4 Å². The molecule has 2 aromatic carbocycles. The van der Waals surface area contributed by atoms with Crippen LogP contribution in [0.1, 0.15) is 59.3 Å². The Kier molecular flexibility index (Phi) is 4.73. The Balaban J connectivity index is 1.53. The molecule has 1 aliphatic carbocycles. The quantitative estimate of drug-likeness (QED) is 0.868. The molecule has 4 rings (SSSR count). The van der Waals surface area contributed by atoms with Gasteiger partial charge in [0.2, 0.25) is 5.91 Å². The van der Waals surface area contributed by atoms with Crippen molar-refractivity contribution in [1.82, 2.24) is 5.32 Å². The van der Waals surface area contributed by atoms with Gasteiger partial charge < -0.3 is 10.2 Å². The number of nitrogens with zero attached hydrogens (tertiary/aromatic N) is 1. The molecule has 0 aromatic heterocycles. The average molecular weight is 362 g/mol. The van der Waals surface area contributed by atoms with Crippen LogP contribution in [0.25, 0.3) is 0 Å². The minimum absolute atomic E-state index is 0.0319. The van der Waals surface area contributed by atoms with Crippen molar-refractivity contribution < 1.29 is 9.59 Å². The lowest BCUT2D eigenvalue weighted by atomic mass is 10.00. The van der Waals surface area contributed by atoms with Gasteiger partial charge in [0.05, 0.1) is 6.04 Å². The summed E-state index contributed by atoms with van der Waals surface area (Å²) >= 11 is 0. The van der Waals surface area contributed by atoms with Gasteiger partial charge in [0, 0.05) is 24.2 Å². The minimum atomic E-state index is -0.0319. The van der Waals surface area contributed by atoms with E-state index >= 15 is 0 Å². The molecule has 4 nitrogen and oxygen atoms in total. The third-order valence-corrected chi connectivity index (χ3v) is 5.66. The summed E-state index contributed by atoms with van der Waals surface area (Å²) in [4.78, 5) is 26.8. The zero-order valence-corrected chi connectivity index (χ0v) is 16.0. The Morgan fingerprint density at radius 2 is 1.89 bits per heavy atom. The molecule has 27 heavy (non-hydrogen) atoms. The maximum absolute atomic E-state index is 12.9. The van der Waals surface area contributed by atoms with E-state index in [1.54, 1.807) is 0 Å². The molecule has 1 atom stereocenters. The molecule has 1 N–H and O–H groups in total. The minimum Gasteiger partial charge on any atom is -0.345 e. The van der Waals surface area contributed by atoms with Gasteiger partial charge in [-0.2, -0.15) is 0 Å². The van der Waals surface area contributed by atoms with E-state index in [1.807, 2.05) is 30.0 Å². The van der Waals surface area contributed by atoms with Crippen molar-refractivity contribution in [3.8, 4) is 0 Å². The fraction of sp³-hybridized carbons (Fsp3) is 0.391. The second-order valence-corrected chi connectivity index (χ2v) is 7.69. The number of hydrogen-bond acceptors (Lipinski definition) is 2. The summed E-state index contributed by atoms with van der Waals surface area (Å²) in [6.07, 6.45) is 3.64. The van der Waals surface area contributed by atoms with Gasteiger partial charge in [-0.25, -0.2) is 0 Å². The van der Waals surface area contributed by atoms with Crippen molar-refractivity contribution in [2.75, 3.05) is 11.4 Å². The van der Waals surface area contributed by atoms with Crippen LogP contribution < -0.4 is 10.2 Å². The molecular formula is C23H26N2O2. The number of hydrogen-bond donors (Lipinski definition) is 1. The zero-order valence-electron chi connectivity index (χ0n) is 16.0. The average Bonchev–Trinajstić information content (AvgIpc) is 3.44. The third kappa shape index (κ3) is 3.61. The molecule has 0 bridgehead atoms. The van der Waals surface area contributed by atoms with E-state index in [1.165, 1.54) is 11.1 Å². The Morgan fingerprint density at radius 1 is 1.15 bits per heavy atom. The maximum atomic E-state index is 12.9. The van der Waals surface area contributed by atoms with Gasteiger partial charge >= 0.3 is 0 Å². The number of anilines is 1. The predicted octanol–water partition coefficient (Wildman–Crippen LogP) is 4.18. The lowest BCUT2D eigenvalue weighted by Gasteiger charge is -2.20. The highest BCUT2D eigenvalue weighted by Crippen LogP contribution is 2.41. The third-order valence-electron chi connectivity index (χ3n) is 5.66. The number of carbonyl (C=O) groups is 2. The van der Waals surface area contributed by atoms with Crippen molar-refractivity contribution in [2.24, 2.45) is 5.92 Å². The molecule has 140 valence electrons. The molecule has 0 saturated heterocycles. The molecule has 1 fully saturated rings. The summed E-state index contributed by atoms with van der Waals surface area (Å²) < 4.78 is 0. The molecule has 0 radical (unpaired) electrons. The summed E-state index contributed by atoms with van der Waals surface area (Å²) in [5.74, 6) is 0.637. The van der Waals surface area contributed by atoms with Gasteiger partial charge in [0.1, 0.15) is 0 Å². The van der Waals surface area contributed by atoms with Gasteiger partial charge in [-0.15, -0.1) is 0 Å². The van der Waals surface area contributed by atoms with Crippen LogP contribution in [0.2, 0.25) is 0 Å². The highest BCUT2D eigenvalue weighted by Gasteiger charge is 2.34. The van der Waals surface area contributed by atoms with Crippen LogP contribution in [0.4, 0.5) is 5.69 Å². The first-order valence-corrected chi connectivity index (χ1v) is 9.87. The second kappa shape index (κ2) is 7.18. The fourth-order valence-electron chi connectivity index (χ4n) is 3.89. The van der Waals surface area contributed by atoms with E-state index in [0.717, 1.165) is 30.5 Å². The highest BCUT2D eigenvalue weighted by molar-refractivity contribution is 5.98. The van der Waals surface area contributed by atoms with Gasteiger partial charge in [0.15, 0.2) is 0 Å². The van der Waals surface area contributed by atoms with Crippen molar-refractivity contribution in [3.63, 3.8) is 0 Å². The van der Waals surface area contributed by atoms with Gasteiger partial charge in [-0.3, -0.25) is 9.59 Å². The first kappa shape index (κ1) is 17.8. The smallest absolute Gasteiger partial charge is 0.251 e. The Morgan fingerprint density at radius 3 is 2.56 bits per heavy atom. The molecule has 2 aromatic rings. The maximum Gasteiger partial charge on any atom is 0.251 e. The fourth-order valence-corrected chi connectivity index (χ4v) is 3.89. The number of benzene rings is 2.